The van der Waals surface area contributed by atoms with Gasteiger partial charge in [0.05, 0.1) is 6.10 Å². The fourth-order valence-electron chi connectivity index (χ4n) is 3.69. The molecule has 1 aromatic rings. The van der Waals surface area contributed by atoms with Crippen LogP contribution in [0.25, 0.3) is 0 Å². The molecule has 1 heterocycles. The molecule has 3 nitrogen and oxygen atoms in total. The molecule has 1 atom stereocenters. The quantitative estimate of drug-likeness (QED) is 0.889. The van der Waals surface area contributed by atoms with Crippen LogP contribution in [0.4, 0.5) is 0 Å². The molecule has 0 spiro atoms. The van der Waals surface area contributed by atoms with Crippen molar-refractivity contribution in [1.29, 1.82) is 0 Å². The van der Waals surface area contributed by atoms with Gasteiger partial charge in [-0.3, -0.25) is 0 Å². The monoisotopic (exact) mass is 289 g/mol. The lowest BCUT2D eigenvalue weighted by molar-refractivity contribution is 0.186. The van der Waals surface area contributed by atoms with Gasteiger partial charge in [0, 0.05) is 0 Å². The van der Waals surface area contributed by atoms with Gasteiger partial charge in [-0.1, -0.05) is 19.9 Å². The highest BCUT2D eigenvalue weighted by molar-refractivity contribution is 5.43. The third kappa shape index (κ3) is 3.52. The molecule has 3 rings (SSSR count). The molecule has 1 unspecified atom stereocenters. The summed E-state index contributed by atoms with van der Waals surface area (Å²) in [6.45, 7) is 6.75. The Morgan fingerprint density at radius 3 is 2.62 bits per heavy atom. The first-order chi connectivity index (χ1) is 10.0. The minimum Gasteiger partial charge on any atom is -0.504 e. The minimum atomic E-state index is 0.245. The summed E-state index contributed by atoms with van der Waals surface area (Å²) < 4.78 is 6.11. The van der Waals surface area contributed by atoms with Gasteiger partial charge in [-0.15, -0.1) is 0 Å². The summed E-state index contributed by atoms with van der Waals surface area (Å²) in [6, 6.07) is 5.92. The van der Waals surface area contributed by atoms with Crippen molar-refractivity contribution in [1.82, 2.24) is 5.32 Å². The van der Waals surface area contributed by atoms with E-state index in [4.69, 9.17) is 4.74 Å². The zero-order valence-corrected chi connectivity index (χ0v) is 13.2. The lowest BCUT2D eigenvalue weighted by Gasteiger charge is -2.24. The summed E-state index contributed by atoms with van der Waals surface area (Å²) in [5, 5.41) is 13.5. The highest BCUT2D eigenvalue weighted by atomic mass is 16.5. The predicted octanol–water partition coefficient (Wildman–Crippen LogP) is 3.82. The largest absolute Gasteiger partial charge is 0.504 e. The summed E-state index contributed by atoms with van der Waals surface area (Å²) in [5.74, 6) is 1.54. The van der Waals surface area contributed by atoms with Gasteiger partial charge in [-0.05, 0) is 74.2 Å². The third-order valence-electron chi connectivity index (χ3n) is 5.01. The predicted molar refractivity (Wildman–Crippen MR) is 85.0 cm³/mol. The van der Waals surface area contributed by atoms with Crippen molar-refractivity contribution in [2.75, 3.05) is 13.1 Å². The molecule has 1 saturated carbocycles. The maximum Gasteiger partial charge on any atom is 0.161 e. The number of piperidine rings is 1. The molecule has 21 heavy (non-hydrogen) atoms. The summed E-state index contributed by atoms with van der Waals surface area (Å²) in [5.41, 5.74) is 1.67. The Hall–Kier alpha value is -1.22. The van der Waals surface area contributed by atoms with Crippen LogP contribution in [0.1, 0.15) is 57.4 Å². The fraction of sp³-hybridized carbons (Fsp3) is 0.667. The van der Waals surface area contributed by atoms with Crippen LogP contribution < -0.4 is 10.1 Å². The zero-order chi connectivity index (χ0) is 14.9. The zero-order valence-electron chi connectivity index (χ0n) is 13.2. The summed E-state index contributed by atoms with van der Waals surface area (Å²) in [6.07, 6.45) is 5.94. The van der Waals surface area contributed by atoms with E-state index in [1.54, 1.807) is 6.07 Å². The molecule has 2 aliphatic rings. The standard InChI is InChI=1S/C18H27NO2/c1-18(2)8-5-15(12-18)21-17-11-14(3-4-16(17)20)13-6-9-19-10-7-13/h3-4,11,13,15,19-20H,5-10,12H2,1-2H3. The van der Waals surface area contributed by atoms with Crippen LogP contribution in [0.3, 0.4) is 0 Å². The highest BCUT2D eigenvalue weighted by Crippen LogP contribution is 2.41. The molecule has 1 aliphatic carbocycles. The van der Waals surface area contributed by atoms with E-state index in [2.05, 4.69) is 31.3 Å². The number of ether oxygens (including phenoxy) is 1. The van der Waals surface area contributed by atoms with Gasteiger partial charge in [0.1, 0.15) is 0 Å². The molecular weight excluding hydrogens is 262 g/mol. The Morgan fingerprint density at radius 1 is 1.19 bits per heavy atom. The second-order valence-corrected chi connectivity index (χ2v) is 7.40. The van der Waals surface area contributed by atoms with Crippen LogP contribution in [0, 0.1) is 5.41 Å². The Balaban J connectivity index is 1.72. The number of benzene rings is 1. The average molecular weight is 289 g/mol. The lowest BCUT2D eigenvalue weighted by atomic mass is 9.90. The van der Waals surface area contributed by atoms with Gasteiger partial charge in [-0.2, -0.15) is 0 Å². The van der Waals surface area contributed by atoms with Crippen molar-refractivity contribution in [3.63, 3.8) is 0 Å². The maximum absolute atomic E-state index is 10.1. The molecule has 0 radical (unpaired) electrons. The van der Waals surface area contributed by atoms with Crippen LogP contribution in [0.15, 0.2) is 18.2 Å². The number of aromatic hydroxyl groups is 1. The molecule has 116 valence electrons. The topological polar surface area (TPSA) is 41.5 Å². The van der Waals surface area contributed by atoms with Crippen molar-refractivity contribution in [3.8, 4) is 11.5 Å². The van der Waals surface area contributed by atoms with Crippen LogP contribution in [-0.4, -0.2) is 24.3 Å². The van der Waals surface area contributed by atoms with Crippen molar-refractivity contribution in [3.05, 3.63) is 23.8 Å². The summed E-state index contributed by atoms with van der Waals surface area (Å²) in [4.78, 5) is 0. The van der Waals surface area contributed by atoms with E-state index in [1.807, 2.05) is 0 Å². The second-order valence-electron chi connectivity index (χ2n) is 7.40. The van der Waals surface area contributed by atoms with Gasteiger partial charge < -0.3 is 15.2 Å². The minimum absolute atomic E-state index is 0.245. The first-order valence-corrected chi connectivity index (χ1v) is 8.24. The van der Waals surface area contributed by atoms with Gasteiger partial charge in [0.25, 0.3) is 0 Å². The van der Waals surface area contributed by atoms with Crippen LogP contribution in [0.5, 0.6) is 11.5 Å². The molecular formula is C18H27NO2. The molecule has 0 bridgehead atoms. The number of nitrogens with one attached hydrogen (secondary N) is 1. The third-order valence-corrected chi connectivity index (χ3v) is 5.01. The molecule has 1 saturated heterocycles. The molecule has 1 aromatic carbocycles. The Labute approximate surface area is 127 Å². The number of rotatable bonds is 3. The fourth-order valence-corrected chi connectivity index (χ4v) is 3.69. The molecule has 3 heteroatoms. The average Bonchev–Trinajstić information content (AvgIpc) is 2.81. The Morgan fingerprint density at radius 2 is 1.95 bits per heavy atom. The second kappa shape index (κ2) is 5.88. The molecule has 2 N–H and O–H groups in total. The van der Waals surface area contributed by atoms with Crippen molar-refractivity contribution < 1.29 is 9.84 Å². The van der Waals surface area contributed by atoms with E-state index in [0.717, 1.165) is 25.9 Å². The van der Waals surface area contributed by atoms with Crippen LogP contribution in [0.2, 0.25) is 0 Å². The molecule has 2 fully saturated rings. The number of phenolic OH excluding ortho intramolecular Hbond substituents is 1. The van der Waals surface area contributed by atoms with Crippen molar-refractivity contribution in [2.45, 2.75) is 58.0 Å². The number of hydrogen-bond donors (Lipinski definition) is 2. The van der Waals surface area contributed by atoms with E-state index >= 15 is 0 Å². The van der Waals surface area contributed by atoms with E-state index in [-0.39, 0.29) is 11.9 Å². The van der Waals surface area contributed by atoms with Gasteiger partial charge in [-0.25, -0.2) is 0 Å². The van der Waals surface area contributed by atoms with Gasteiger partial charge >= 0.3 is 0 Å². The van der Waals surface area contributed by atoms with Crippen LogP contribution >= 0.6 is 0 Å². The molecule has 1 aliphatic heterocycles. The Bertz CT molecular complexity index is 492. The molecule has 0 aromatic heterocycles. The van der Waals surface area contributed by atoms with E-state index in [9.17, 15) is 5.11 Å². The first-order valence-electron chi connectivity index (χ1n) is 8.24. The van der Waals surface area contributed by atoms with Gasteiger partial charge in [0.2, 0.25) is 0 Å². The molecule has 0 amide bonds. The highest BCUT2D eigenvalue weighted by Gasteiger charge is 2.32. The van der Waals surface area contributed by atoms with E-state index in [1.165, 1.54) is 24.8 Å². The summed E-state index contributed by atoms with van der Waals surface area (Å²) in [7, 11) is 0. The number of hydrogen-bond acceptors (Lipinski definition) is 3. The Kier molecular flexibility index (Phi) is 4.12. The van der Waals surface area contributed by atoms with Crippen molar-refractivity contribution in [2.24, 2.45) is 5.41 Å². The SMILES string of the molecule is CC1(C)CCC(Oc2cc(C3CCNCC3)ccc2O)C1. The maximum atomic E-state index is 10.1. The van der Waals surface area contributed by atoms with E-state index in [0.29, 0.717) is 17.1 Å². The normalized spacial score (nSPS) is 25.9. The lowest BCUT2D eigenvalue weighted by Crippen LogP contribution is -2.26. The summed E-state index contributed by atoms with van der Waals surface area (Å²) >= 11 is 0. The van der Waals surface area contributed by atoms with Crippen LogP contribution in [-0.2, 0) is 0 Å². The van der Waals surface area contributed by atoms with Crippen molar-refractivity contribution >= 4 is 0 Å². The van der Waals surface area contributed by atoms with E-state index < -0.39 is 0 Å². The first kappa shape index (κ1) is 14.7. The smallest absolute Gasteiger partial charge is 0.161 e. The van der Waals surface area contributed by atoms with Gasteiger partial charge in [0.15, 0.2) is 11.5 Å². The number of phenols is 1.